The summed E-state index contributed by atoms with van der Waals surface area (Å²) in [5.41, 5.74) is 2.10. The van der Waals surface area contributed by atoms with Crippen molar-refractivity contribution in [2.45, 2.75) is 32.6 Å². The Labute approximate surface area is 170 Å². The molecule has 0 fully saturated rings. The summed E-state index contributed by atoms with van der Waals surface area (Å²) >= 11 is 5.90. The molecule has 3 aromatic rings. The first-order chi connectivity index (χ1) is 13.7. The Kier molecular flexibility index (Phi) is 7.20. The normalized spacial score (nSPS) is 10.8. The number of likely N-dealkylation sites (N-methyl/N-ethyl adjacent to an activating group) is 1. The molecule has 1 amide bonds. The van der Waals surface area contributed by atoms with Crippen LogP contribution in [0.25, 0.3) is 11.4 Å². The fourth-order valence-electron chi connectivity index (χ4n) is 2.99. The van der Waals surface area contributed by atoms with Crippen molar-refractivity contribution in [3.63, 3.8) is 0 Å². The van der Waals surface area contributed by atoms with Crippen LogP contribution in [-0.2, 0) is 17.6 Å². The zero-order valence-corrected chi connectivity index (χ0v) is 16.7. The molecule has 6 heteroatoms. The highest BCUT2D eigenvalue weighted by atomic mass is 35.5. The van der Waals surface area contributed by atoms with E-state index in [0.717, 1.165) is 18.5 Å². The molecule has 0 unspecified atom stereocenters. The van der Waals surface area contributed by atoms with Gasteiger partial charge in [-0.05, 0) is 49.6 Å². The van der Waals surface area contributed by atoms with Gasteiger partial charge in [0.15, 0.2) is 0 Å². The lowest BCUT2D eigenvalue weighted by molar-refractivity contribution is -0.131. The minimum absolute atomic E-state index is 0.163. The molecule has 0 aliphatic rings. The predicted molar refractivity (Wildman–Crippen MR) is 110 cm³/mol. The fourth-order valence-corrected chi connectivity index (χ4v) is 3.12. The number of halogens is 1. The number of carbonyl (C=O) groups excluding carboxylic acids is 1. The van der Waals surface area contributed by atoms with Crippen LogP contribution < -0.4 is 0 Å². The lowest BCUT2D eigenvalue weighted by atomic mass is 10.1. The van der Waals surface area contributed by atoms with E-state index in [1.54, 1.807) is 12.1 Å². The van der Waals surface area contributed by atoms with E-state index >= 15 is 0 Å². The Morgan fingerprint density at radius 3 is 2.54 bits per heavy atom. The maximum atomic E-state index is 12.5. The van der Waals surface area contributed by atoms with Gasteiger partial charge in [-0.25, -0.2) is 0 Å². The predicted octanol–water partition coefficient (Wildman–Crippen LogP) is 4.80. The van der Waals surface area contributed by atoms with E-state index in [0.29, 0.717) is 42.5 Å². The highest BCUT2D eigenvalue weighted by molar-refractivity contribution is 6.30. The van der Waals surface area contributed by atoms with Gasteiger partial charge in [0.25, 0.3) is 0 Å². The van der Waals surface area contributed by atoms with Gasteiger partial charge in [-0.3, -0.25) is 4.79 Å². The topological polar surface area (TPSA) is 59.2 Å². The number of benzene rings is 2. The molecule has 0 saturated heterocycles. The van der Waals surface area contributed by atoms with Crippen molar-refractivity contribution < 1.29 is 9.32 Å². The number of hydrogen-bond donors (Lipinski definition) is 0. The van der Waals surface area contributed by atoms with Crippen molar-refractivity contribution >= 4 is 17.5 Å². The average Bonchev–Trinajstić information content (AvgIpc) is 3.19. The van der Waals surface area contributed by atoms with Crippen LogP contribution in [0.15, 0.2) is 59.1 Å². The SMILES string of the molecule is CCN(CCc1ccccc1)C(=O)CCCc1nc(-c2ccc(Cl)cc2)no1. The molecule has 0 bridgehead atoms. The molecule has 1 aromatic heterocycles. The Morgan fingerprint density at radius 1 is 1.07 bits per heavy atom. The number of nitrogens with zero attached hydrogens (tertiary/aromatic N) is 3. The molecule has 5 nitrogen and oxygen atoms in total. The molecule has 146 valence electrons. The first-order valence-electron chi connectivity index (χ1n) is 9.56. The van der Waals surface area contributed by atoms with Crippen molar-refractivity contribution in [1.29, 1.82) is 0 Å². The second kappa shape index (κ2) is 10.0. The van der Waals surface area contributed by atoms with Crippen LogP contribution >= 0.6 is 11.6 Å². The minimum Gasteiger partial charge on any atom is -0.343 e. The largest absolute Gasteiger partial charge is 0.343 e. The quantitative estimate of drug-likeness (QED) is 0.520. The molecule has 2 aromatic carbocycles. The van der Waals surface area contributed by atoms with Gasteiger partial charge in [0, 0.05) is 36.5 Å². The molecular formula is C22H24ClN3O2. The van der Waals surface area contributed by atoms with Crippen molar-refractivity contribution in [2.24, 2.45) is 0 Å². The van der Waals surface area contributed by atoms with E-state index in [1.165, 1.54) is 5.56 Å². The van der Waals surface area contributed by atoms with E-state index < -0.39 is 0 Å². The summed E-state index contributed by atoms with van der Waals surface area (Å²) in [7, 11) is 0. The second-order valence-electron chi connectivity index (χ2n) is 6.58. The van der Waals surface area contributed by atoms with E-state index in [1.807, 2.05) is 42.2 Å². The standard InChI is InChI=1S/C22H24ClN3O2/c1-2-26(16-15-17-7-4-3-5-8-17)21(27)10-6-9-20-24-22(25-28-20)18-11-13-19(23)14-12-18/h3-5,7-8,11-14H,2,6,9-10,15-16H2,1H3. The van der Waals surface area contributed by atoms with Crippen molar-refractivity contribution in [3.8, 4) is 11.4 Å². The molecule has 3 rings (SSSR count). The van der Waals surface area contributed by atoms with Crippen molar-refractivity contribution in [3.05, 3.63) is 71.1 Å². The van der Waals surface area contributed by atoms with Crippen LogP contribution in [0.4, 0.5) is 0 Å². The third-order valence-electron chi connectivity index (χ3n) is 4.60. The van der Waals surface area contributed by atoms with E-state index in [-0.39, 0.29) is 5.91 Å². The number of aromatic nitrogens is 2. The lowest BCUT2D eigenvalue weighted by Crippen LogP contribution is -2.32. The van der Waals surface area contributed by atoms with Crippen molar-refractivity contribution in [1.82, 2.24) is 15.0 Å². The van der Waals surface area contributed by atoms with Gasteiger partial charge < -0.3 is 9.42 Å². The van der Waals surface area contributed by atoms with Crippen LogP contribution in [0.3, 0.4) is 0 Å². The molecule has 0 aliphatic carbocycles. The number of amides is 1. The van der Waals surface area contributed by atoms with E-state index in [9.17, 15) is 4.79 Å². The van der Waals surface area contributed by atoms with Crippen LogP contribution in [0.2, 0.25) is 5.02 Å². The summed E-state index contributed by atoms with van der Waals surface area (Å²) in [5.74, 6) is 1.25. The Bertz CT molecular complexity index is 878. The molecular weight excluding hydrogens is 374 g/mol. The van der Waals surface area contributed by atoms with Gasteiger partial charge in [0.2, 0.25) is 17.6 Å². The highest BCUT2D eigenvalue weighted by Gasteiger charge is 2.13. The first-order valence-corrected chi connectivity index (χ1v) is 9.93. The maximum Gasteiger partial charge on any atom is 0.226 e. The van der Waals surface area contributed by atoms with Crippen molar-refractivity contribution in [2.75, 3.05) is 13.1 Å². The van der Waals surface area contributed by atoms with Gasteiger partial charge in [0.1, 0.15) is 0 Å². The second-order valence-corrected chi connectivity index (χ2v) is 7.02. The summed E-state index contributed by atoms with van der Waals surface area (Å²) in [4.78, 5) is 18.8. The van der Waals surface area contributed by atoms with Gasteiger partial charge in [-0.1, -0.05) is 47.1 Å². The van der Waals surface area contributed by atoms with E-state index in [4.69, 9.17) is 16.1 Å². The number of rotatable bonds is 9. The molecule has 0 saturated carbocycles. The summed E-state index contributed by atoms with van der Waals surface area (Å²) in [6.07, 6.45) is 2.61. The van der Waals surface area contributed by atoms with E-state index in [2.05, 4.69) is 22.3 Å². The molecule has 0 spiro atoms. The molecule has 28 heavy (non-hydrogen) atoms. The molecule has 0 N–H and O–H groups in total. The summed E-state index contributed by atoms with van der Waals surface area (Å²) in [6.45, 7) is 3.47. The van der Waals surface area contributed by atoms with Gasteiger partial charge in [0.05, 0.1) is 0 Å². The number of hydrogen-bond acceptors (Lipinski definition) is 4. The molecule has 0 atom stereocenters. The Balaban J connectivity index is 1.46. The van der Waals surface area contributed by atoms with Gasteiger partial charge in [-0.2, -0.15) is 4.98 Å². The van der Waals surface area contributed by atoms with Crippen LogP contribution in [0.5, 0.6) is 0 Å². The Hall–Kier alpha value is -2.66. The zero-order valence-electron chi connectivity index (χ0n) is 16.0. The van der Waals surface area contributed by atoms with Crippen LogP contribution in [-0.4, -0.2) is 34.0 Å². The molecule has 0 aliphatic heterocycles. The summed E-state index contributed by atoms with van der Waals surface area (Å²) in [6, 6.07) is 17.5. The Morgan fingerprint density at radius 2 is 1.82 bits per heavy atom. The van der Waals surface area contributed by atoms with Crippen LogP contribution in [0, 0.1) is 0 Å². The van der Waals surface area contributed by atoms with Gasteiger partial charge in [-0.15, -0.1) is 0 Å². The minimum atomic E-state index is 0.163. The number of carbonyl (C=O) groups is 1. The zero-order chi connectivity index (χ0) is 19.8. The average molecular weight is 398 g/mol. The molecule has 0 radical (unpaired) electrons. The van der Waals surface area contributed by atoms with Gasteiger partial charge >= 0.3 is 0 Å². The monoisotopic (exact) mass is 397 g/mol. The smallest absolute Gasteiger partial charge is 0.226 e. The maximum absolute atomic E-state index is 12.5. The first kappa shape index (κ1) is 20.1. The summed E-state index contributed by atoms with van der Waals surface area (Å²) < 4.78 is 5.30. The molecule has 1 heterocycles. The fraction of sp³-hybridized carbons (Fsp3) is 0.318. The number of aryl methyl sites for hydroxylation is 1. The summed E-state index contributed by atoms with van der Waals surface area (Å²) in [5, 5.41) is 4.67. The van der Waals surface area contributed by atoms with Crippen LogP contribution in [0.1, 0.15) is 31.2 Å². The highest BCUT2D eigenvalue weighted by Crippen LogP contribution is 2.19. The third-order valence-corrected chi connectivity index (χ3v) is 4.85. The third kappa shape index (κ3) is 5.67. The lowest BCUT2D eigenvalue weighted by Gasteiger charge is -2.20.